The summed E-state index contributed by atoms with van der Waals surface area (Å²) >= 11 is 3.14. The molecule has 6 heteroatoms. The third-order valence-corrected chi connectivity index (χ3v) is 6.91. The fourth-order valence-corrected chi connectivity index (χ4v) is 5.17. The van der Waals surface area contributed by atoms with E-state index in [1.807, 2.05) is 41.3 Å². The molecule has 0 saturated heterocycles. The van der Waals surface area contributed by atoms with E-state index in [-0.39, 0.29) is 11.9 Å². The maximum atomic E-state index is 13.0. The summed E-state index contributed by atoms with van der Waals surface area (Å²) in [5, 5.41) is 1.87. The zero-order valence-corrected chi connectivity index (χ0v) is 18.6. The van der Waals surface area contributed by atoms with E-state index in [1.54, 1.807) is 17.7 Å². The molecule has 1 amide bonds. The minimum Gasteiger partial charge on any atom is -0.335 e. The van der Waals surface area contributed by atoms with Gasteiger partial charge in [0.15, 0.2) is 0 Å². The van der Waals surface area contributed by atoms with Crippen LogP contribution in [0.2, 0.25) is 0 Å². The van der Waals surface area contributed by atoms with Crippen LogP contribution in [0.4, 0.5) is 0 Å². The highest BCUT2D eigenvalue weighted by atomic mass is 32.2. The smallest absolute Gasteiger partial charge is 0.233 e. The molecule has 4 aromatic rings. The van der Waals surface area contributed by atoms with Crippen LogP contribution in [0.15, 0.2) is 78.1 Å². The second-order valence-corrected chi connectivity index (χ2v) is 9.26. The first kappa shape index (κ1) is 20.6. The van der Waals surface area contributed by atoms with E-state index in [4.69, 9.17) is 0 Å². The number of thioether (sulfide) groups is 1. The molecule has 4 rings (SSSR count). The van der Waals surface area contributed by atoms with E-state index >= 15 is 0 Å². The van der Waals surface area contributed by atoms with Crippen molar-refractivity contribution in [3.8, 4) is 10.4 Å². The highest BCUT2D eigenvalue weighted by molar-refractivity contribution is 8.00. The molecule has 0 aliphatic carbocycles. The van der Waals surface area contributed by atoms with Gasteiger partial charge in [0.05, 0.1) is 5.75 Å². The number of hydrogen-bond donors (Lipinski definition) is 0. The summed E-state index contributed by atoms with van der Waals surface area (Å²) in [5.74, 6) is 0.470. The van der Waals surface area contributed by atoms with E-state index in [0.717, 1.165) is 25.7 Å². The molecule has 0 aliphatic rings. The van der Waals surface area contributed by atoms with Gasteiger partial charge in [-0.2, -0.15) is 0 Å². The maximum absolute atomic E-state index is 13.0. The summed E-state index contributed by atoms with van der Waals surface area (Å²) in [7, 11) is 0. The second kappa shape index (κ2) is 9.41. The maximum Gasteiger partial charge on any atom is 0.233 e. The molecular weight excluding hydrogens is 410 g/mol. The largest absolute Gasteiger partial charge is 0.335 e. The zero-order chi connectivity index (χ0) is 20.9. The number of amides is 1. The van der Waals surface area contributed by atoms with Crippen molar-refractivity contribution in [2.24, 2.45) is 0 Å². The number of hydrogen-bond acceptors (Lipinski definition) is 5. The molecule has 2 aromatic carbocycles. The molecule has 0 unspecified atom stereocenters. The number of carbonyl (C=O) groups is 1. The third kappa shape index (κ3) is 4.71. The van der Waals surface area contributed by atoms with Gasteiger partial charge in [0.25, 0.3) is 0 Å². The van der Waals surface area contributed by atoms with Crippen molar-refractivity contribution in [1.29, 1.82) is 0 Å². The van der Waals surface area contributed by atoms with E-state index in [9.17, 15) is 4.79 Å². The Labute approximate surface area is 185 Å². The summed E-state index contributed by atoms with van der Waals surface area (Å²) in [4.78, 5) is 25.9. The lowest BCUT2D eigenvalue weighted by Crippen LogP contribution is -2.37. The molecule has 152 valence electrons. The van der Waals surface area contributed by atoms with Gasteiger partial charge < -0.3 is 4.90 Å². The molecule has 0 fully saturated rings. The SMILES string of the molecule is CC(C)N(Cc1ccccc1)C(=O)CSc1ncnc2sc(-c3ccccc3)cc12. The van der Waals surface area contributed by atoms with Crippen molar-refractivity contribution in [1.82, 2.24) is 14.9 Å². The number of thiophene rings is 1. The molecule has 0 bridgehead atoms. The highest BCUT2D eigenvalue weighted by Gasteiger charge is 2.19. The minimum absolute atomic E-state index is 0.115. The van der Waals surface area contributed by atoms with Crippen LogP contribution in [0, 0.1) is 0 Å². The van der Waals surface area contributed by atoms with E-state index < -0.39 is 0 Å². The van der Waals surface area contributed by atoms with Gasteiger partial charge in [-0.3, -0.25) is 4.79 Å². The Morgan fingerprint density at radius 1 is 1.03 bits per heavy atom. The normalized spacial score (nSPS) is 11.2. The molecular formula is C24H23N3OS2. The van der Waals surface area contributed by atoms with Crippen LogP contribution < -0.4 is 0 Å². The fraction of sp³-hybridized carbons (Fsp3) is 0.208. The quantitative estimate of drug-likeness (QED) is 0.269. The predicted molar refractivity (Wildman–Crippen MR) is 126 cm³/mol. The molecule has 2 heterocycles. The lowest BCUT2D eigenvalue weighted by atomic mass is 10.2. The van der Waals surface area contributed by atoms with Crippen molar-refractivity contribution in [3.05, 3.63) is 78.6 Å². The van der Waals surface area contributed by atoms with Gasteiger partial charge in [-0.05, 0) is 31.0 Å². The van der Waals surface area contributed by atoms with Crippen molar-refractivity contribution < 1.29 is 4.79 Å². The first-order valence-corrected chi connectivity index (χ1v) is 11.7. The topological polar surface area (TPSA) is 46.1 Å². The Hall–Kier alpha value is -2.70. The average molecular weight is 434 g/mol. The number of benzene rings is 2. The van der Waals surface area contributed by atoms with Gasteiger partial charge in [-0.15, -0.1) is 11.3 Å². The molecule has 0 saturated carbocycles. The monoisotopic (exact) mass is 433 g/mol. The number of carbonyl (C=O) groups excluding carboxylic acids is 1. The van der Waals surface area contributed by atoms with Gasteiger partial charge in [-0.1, -0.05) is 72.4 Å². The van der Waals surface area contributed by atoms with Crippen LogP contribution in [-0.4, -0.2) is 32.6 Å². The Balaban J connectivity index is 1.51. The molecule has 4 nitrogen and oxygen atoms in total. The summed E-state index contributed by atoms with van der Waals surface area (Å²) in [6.45, 7) is 4.73. The lowest BCUT2D eigenvalue weighted by Gasteiger charge is -2.26. The van der Waals surface area contributed by atoms with Gasteiger partial charge in [0.2, 0.25) is 5.91 Å². The van der Waals surface area contributed by atoms with Crippen LogP contribution >= 0.6 is 23.1 Å². The summed E-state index contributed by atoms with van der Waals surface area (Å²) in [5.41, 5.74) is 2.31. The summed E-state index contributed by atoms with van der Waals surface area (Å²) in [6, 6.07) is 22.7. The number of fused-ring (bicyclic) bond motifs is 1. The zero-order valence-electron chi connectivity index (χ0n) is 17.0. The number of aromatic nitrogens is 2. The van der Waals surface area contributed by atoms with E-state index in [1.165, 1.54) is 17.3 Å². The molecule has 0 radical (unpaired) electrons. The predicted octanol–water partition coefficient (Wildman–Crippen LogP) is 5.89. The average Bonchev–Trinajstić information content (AvgIpc) is 3.22. The van der Waals surface area contributed by atoms with Gasteiger partial charge in [-0.25, -0.2) is 9.97 Å². The van der Waals surface area contributed by atoms with Gasteiger partial charge in [0.1, 0.15) is 16.2 Å². The van der Waals surface area contributed by atoms with Crippen LogP contribution in [0.25, 0.3) is 20.7 Å². The molecule has 0 atom stereocenters. The first-order valence-electron chi connectivity index (χ1n) is 9.88. The Kier molecular flexibility index (Phi) is 6.45. The minimum atomic E-state index is 0.115. The number of rotatable bonds is 7. The summed E-state index contributed by atoms with van der Waals surface area (Å²) < 4.78 is 0. The highest BCUT2D eigenvalue weighted by Crippen LogP contribution is 2.36. The van der Waals surface area contributed by atoms with Crippen LogP contribution in [-0.2, 0) is 11.3 Å². The Morgan fingerprint density at radius 2 is 1.73 bits per heavy atom. The van der Waals surface area contributed by atoms with Crippen LogP contribution in [0.5, 0.6) is 0 Å². The fourth-order valence-electron chi connectivity index (χ4n) is 3.25. The standard InChI is InChI=1S/C24H23N3OS2/c1-17(2)27(14-18-9-5-3-6-10-18)22(28)15-29-23-20-13-21(19-11-7-4-8-12-19)30-24(20)26-16-25-23/h3-13,16-17H,14-15H2,1-2H3. The van der Waals surface area contributed by atoms with Crippen molar-refractivity contribution in [3.63, 3.8) is 0 Å². The molecule has 0 aliphatic heterocycles. The van der Waals surface area contributed by atoms with Crippen LogP contribution in [0.1, 0.15) is 19.4 Å². The Morgan fingerprint density at radius 3 is 2.43 bits per heavy atom. The Bertz CT molecular complexity index is 1130. The lowest BCUT2D eigenvalue weighted by molar-refractivity contribution is -0.130. The first-order chi connectivity index (χ1) is 14.6. The molecule has 2 aromatic heterocycles. The summed E-state index contributed by atoms with van der Waals surface area (Å²) in [6.07, 6.45) is 1.59. The molecule has 0 spiro atoms. The third-order valence-electron chi connectivity index (χ3n) is 4.82. The molecule has 30 heavy (non-hydrogen) atoms. The van der Waals surface area contributed by atoms with Crippen molar-refractivity contribution >= 4 is 39.2 Å². The second-order valence-electron chi connectivity index (χ2n) is 7.26. The van der Waals surface area contributed by atoms with Crippen LogP contribution in [0.3, 0.4) is 0 Å². The van der Waals surface area contributed by atoms with Crippen molar-refractivity contribution in [2.45, 2.75) is 31.5 Å². The van der Waals surface area contributed by atoms with Crippen molar-refractivity contribution in [2.75, 3.05) is 5.75 Å². The van der Waals surface area contributed by atoms with E-state index in [0.29, 0.717) is 12.3 Å². The van der Waals surface area contributed by atoms with E-state index in [2.05, 4.69) is 54.1 Å². The number of nitrogens with zero attached hydrogens (tertiary/aromatic N) is 3. The molecule has 0 N–H and O–H groups in total. The van der Waals surface area contributed by atoms with Gasteiger partial charge >= 0.3 is 0 Å². The van der Waals surface area contributed by atoms with Gasteiger partial charge in [0, 0.05) is 22.8 Å².